The van der Waals surface area contributed by atoms with Crippen LogP contribution in [0.25, 0.3) is 0 Å². The third-order valence-corrected chi connectivity index (χ3v) is 8.66. The van der Waals surface area contributed by atoms with E-state index in [1.165, 1.54) is 6.92 Å². The standard InChI is InChI=1S/C44H54N4O6/c1-6-11-35(30-53-40-18-14-38(15-19-40)51-26-9-7-24-45-5)31-54-41-20-16-39(17-21-41)52-27-10-8-25-46-44(50)37-13-23-43(33(3)29-37)48-47-42-22-12-36(34(4)49)28-32(42)2/h6,12-23,28-29,35,45H,1,7-11,24-27,30-31H2,2-5H3,(H,46,50). The molecule has 4 aromatic rings. The van der Waals surface area contributed by atoms with E-state index in [9.17, 15) is 9.59 Å². The molecule has 0 saturated carbocycles. The highest BCUT2D eigenvalue weighted by Gasteiger charge is 2.11. The van der Waals surface area contributed by atoms with E-state index in [0.717, 1.165) is 72.8 Å². The van der Waals surface area contributed by atoms with Crippen molar-refractivity contribution in [3.05, 3.63) is 120 Å². The van der Waals surface area contributed by atoms with Gasteiger partial charge in [-0.25, -0.2) is 0 Å². The van der Waals surface area contributed by atoms with E-state index in [4.69, 9.17) is 18.9 Å². The van der Waals surface area contributed by atoms with Crippen LogP contribution < -0.4 is 29.6 Å². The molecule has 0 saturated heterocycles. The Kier molecular flexibility index (Phi) is 17.2. The number of ether oxygens (including phenoxy) is 4. The van der Waals surface area contributed by atoms with Crippen molar-refractivity contribution in [3.8, 4) is 23.0 Å². The Morgan fingerprint density at radius 1 is 0.667 bits per heavy atom. The van der Waals surface area contributed by atoms with Gasteiger partial charge in [0.25, 0.3) is 5.91 Å². The van der Waals surface area contributed by atoms with Crippen LogP contribution in [0.15, 0.2) is 108 Å². The summed E-state index contributed by atoms with van der Waals surface area (Å²) in [5.41, 5.74) is 4.29. The number of ketones is 1. The Labute approximate surface area is 320 Å². The number of azo groups is 1. The quantitative estimate of drug-likeness (QED) is 0.0319. The number of aryl methyl sites for hydroxylation is 2. The van der Waals surface area contributed by atoms with E-state index in [0.29, 0.717) is 55.5 Å². The third kappa shape index (κ3) is 14.2. The number of amides is 1. The van der Waals surface area contributed by atoms with Gasteiger partial charge in [-0.2, -0.15) is 10.2 Å². The molecule has 0 fully saturated rings. The number of rotatable bonds is 24. The number of carbonyl (C=O) groups excluding carboxylic acids is 2. The average Bonchev–Trinajstić information content (AvgIpc) is 3.17. The predicted molar refractivity (Wildman–Crippen MR) is 214 cm³/mol. The fraction of sp³-hybridized carbons (Fsp3) is 0.364. The molecular weight excluding hydrogens is 681 g/mol. The van der Waals surface area contributed by atoms with E-state index >= 15 is 0 Å². The van der Waals surface area contributed by atoms with Crippen molar-refractivity contribution < 1.29 is 28.5 Å². The van der Waals surface area contributed by atoms with Gasteiger partial charge in [-0.15, -0.1) is 6.58 Å². The Bertz CT molecular complexity index is 1810. The molecule has 0 bridgehead atoms. The second-order valence-electron chi connectivity index (χ2n) is 13.2. The minimum Gasteiger partial charge on any atom is -0.494 e. The molecule has 0 heterocycles. The molecule has 10 heteroatoms. The molecule has 1 atom stereocenters. The van der Waals surface area contributed by atoms with Crippen molar-refractivity contribution in [2.75, 3.05) is 46.6 Å². The minimum absolute atomic E-state index is 0.0105. The summed E-state index contributed by atoms with van der Waals surface area (Å²) in [4.78, 5) is 24.4. The molecule has 0 aliphatic carbocycles. The van der Waals surface area contributed by atoms with Crippen LogP contribution in [0.3, 0.4) is 0 Å². The van der Waals surface area contributed by atoms with Crippen LogP contribution >= 0.6 is 0 Å². The molecule has 1 amide bonds. The van der Waals surface area contributed by atoms with E-state index in [2.05, 4.69) is 27.4 Å². The number of hydrogen-bond acceptors (Lipinski definition) is 9. The molecule has 1 unspecified atom stereocenters. The van der Waals surface area contributed by atoms with Gasteiger partial charge in [0.15, 0.2) is 5.78 Å². The van der Waals surface area contributed by atoms with E-state index in [1.807, 2.05) is 87.6 Å². The molecule has 4 rings (SSSR count). The van der Waals surface area contributed by atoms with Gasteiger partial charge in [0, 0.05) is 23.6 Å². The second-order valence-corrected chi connectivity index (χ2v) is 13.2. The van der Waals surface area contributed by atoms with Crippen LogP contribution in [0, 0.1) is 19.8 Å². The van der Waals surface area contributed by atoms with E-state index in [1.54, 1.807) is 24.3 Å². The van der Waals surface area contributed by atoms with Crippen LogP contribution in [0.2, 0.25) is 0 Å². The Morgan fingerprint density at radius 2 is 1.13 bits per heavy atom. The monoisotopic (exact) mass is 734 g/mol. The fourth-order valence-corrected chi connectivity index (χ4v) is 5.43. The van der Waals surface area contributed by atoms with Gasteiger partial charge in [-0.3, -0.25) is 9.59 Å². The molecule has 0 spiro atoms. The molecule has 54 heavy (non-hydrogen) atoms. The molecule has 2 N–H and O–H groups in total. The Hall–Kier alpha value is -5.48. The molecule has 286 valence electrons. The number of carbonyl (C=O) groups is 2. The van der Waals surface area contributed by atoms with Gasteiger partial charge in [0.05, 0.1) is 37.8 Å². The molecule has 10 nitrogen and oxygen atoms in total. The highest BCUT2D eigenvalue weighted by Crippen LogP contribution is 2.26. The number of Topliss-reactive ketones (excluding diaryl/α,β-unsaturated/α-hetero) is 1. The Morgan fingerprint density at radius 3 is 1.59 bits per heavy atom. The normalized spacial score (nSPS) is 11.6. The van der Waals surface area contributed by atoms with Gasteiger partial charge in [0.2, 0.25) is 0 Å². The summed E-state index contributed by atoms with van der Waals surface area (Å²) in [6.45, 7) is 13.0. The van der Waals surface area contributed by atoms with Crippen molar-refractivity contribution >= 4 is 23.1 Å². The van der Waals surface area contributed by atoms with Crippen LogP contribution in [-0.2, 0) is 0 Å². The molecule has 4 aromatic carbocycles. The summed E-state index contributed by atoms with van der Waals surface area (Å²) in [7, 11) is 1.96. The Balaban J connectivity index is 1.11. The lowest BCUT2D eigenvalue weighted by atomic mass is 10.1. The first kappa shape index (κ1) is 41.3. The topological polar surface area (TPSA) is 120 Å². The summed E-state index contributed by atoms with van der Waals surface area (Å²) in [5, 5.41) is 14.8. The molecule has 0 aromatic heterocycles. The van der Waals surface area contributed by atoms with Gasteiger partial charge in [0.1, 0.15) is 23.0 Å². The zero-order valence-corrected chi connectivity index (χ0v) is 32.1. The molecule has 0 aliphatic heterocycles. The minimum atomic E-state index is -0.137. The van der Waals surface area contributed by atoms with Crippen LogP contribution in [0.1, 0.15) is 70.9 Å². The summed E-state index contributed by atoms with van der Waals surface area (Å²) >= 11 is 0. The van der Waals surface area contributed by atoms with Crippen molar-refractivity contribution in [1.82, 2.24) is 10.6 Å². The first-order chi connectivity index (χ1) is 26.2. The molecule has 0 aliphatic rings. The predicted octanol–water partition coefficient (Wildman–Crippen LogP) is 9.54. The molecule has 0 radical (unpaired) electrons. The lowest BCUT2D eigenvalue weighted by Gasteiger charge is -2.17. The van der Waals surface area contributed by atoms with Gasteiger partial charge < -0.3 is 29.6 Å². The van der Waals surface area contributed by atoms with Crippen molar-refractivity contribution in [1.29, 1.82) is 0 Å². The van der Waals surface area contributed by atoms with Crippen molar-refractivity contribution in [2.24, 2.45) is 16.1 Å². The first-order valence-electron chi connectivity index (χ1n) is 18.6. The first-order valence-corrected chi connectivity index (χ1v) is 18.6. The summed E-state index contributed by atoms with van der Waals surface area (Å²) < 4.78 is 23.8. The summed E-state index contributed by atoms with van der Waals surface area (Å²) in [6, 6.07) is 26.0. The maximum atomic E-state index is 12.7. The lowest BCUT2D eigenvalue weighted by Crippen LogP contribution is -2.24. The number of benzene rings is 4. The van der Waals surface area contributed by atoms with E-state index < -0.39 is 0 Å². The average molecular weight is 735 g/mol. The molecular formula is C44H54N4O6. The fourth-order valence-electron chi connectivity index (χ4n) is 5.43. The smallest absolute Gasteiger partial charge is 0.251 e. The summed E-state index contributed by atoms with van der Waals surface area (Å²) in [5.74, 6) is 3.18. The number of hydrogen-bond donors (Lipinski definition) is 2. The number of nitrogens with one attached hydrogen (secondary N) is 2. The summed E-state index contributed by atoms with van der Waals surface area (Å²) in [6.07, 6.45) is 6.33. The van der Waals surface area contributed by atoms with Crippen molar-refractivity contribution in [3.63, 3.8) is 0 Å². The van der Waals surface area contributed by atoms with Crippen LogP contribution in [0.5, 0.6) is 23.0 Å². The van der Waals surface area contributed by atoms with Gasteiger partial charge in [-0.1, -0.05) is 6.08 Å². The lowest BCUT2D eigenvalue weighted by molar-refractivity contribution is 0.0951. The van der Waals surface area contributed by atoms with Crippen LogP contribution in [0.4, 0.5) is 11.4 Å². The highest BCUT2D eigenvalue weighted by atomic mass is 16.5. The van der Waals surface area contributed by atoms with Crippen molar-refractivity contribution in [2.45, 2.75) is 52.9 Å². The third-order valence-electron chi connectivity index (χ3n) is 8.66. The second kappa shape index (κ2) is 22.6. The van der Waals surface area contributed by atoms with Crippen LogP contribution in [-0.4, -0.2) is 58.3 Å². The maximum Gasteiger partial charge on any atom is 0.251 e. The van der Waals surface area contributed by atoms with E-state index in [-0.39, 0.29) is 17.6 Å². The zero-order valence-electron chi connectivity index (χ0n) is 32.1. The maximum absolute atomic E-state index is 12.7. The largest absolute Gasteiger partial charge is 0.494 e. The zero-order chi connectivity index (χ0) is 38.5. The number of nitrogens with zero attached hydrogens (tertiary/aromatic N) is 2. The number of allylic oxidation sites excluding steroid dienone is 1. The SMILES string of the molecule is C=CCC(COc1ccc(OCCCCNC)cc1)COc1ccc(OCCCCNC(=O)c2ccc(N=Nc3ccc(C(C)=O)cc3C)c(C)c2)cc1. The van der Waals surface area contributed by atoms with Gasteiger partial charge in [-0.05, 0) is 163 Å². The highest BCUT2D eigenvalue weighted by molar-refractivity contribution is 5.95. The van der Waals surface area contributed by atoms with Gasteiger partial charge >= 0.3 is 0 Å². The number of unbranched alkanes of at least 4 members (excludes halogenated alkanes) is 2.